The van der Waals surface area contributed by atoms with Gasteiger partial charge in [-0.15, -0.1) is 11.6 Å². The second kappa shape index (κ2) is 14.2. The molecule has 4 nitrogen and oxygen atoms in total. The molecule has 0 aromatic carbocycles. The van der Waals surface area contributed by atoms with Crippen molar-refractivity contribution in [2.75, 3.05) is 13.0 Å². The molecule has 0 amide bonds. The molecule has 0 rings (SSSR count). The third-order valence-electron chi connectivity index (χ3n) is 1.74. The highest BCUT2D eigenvalue weighted by molar-refractivity contribution is 6.17. The fourth-order valence-electron chi connectivity index (χ4n) is 0.831. The van der Waals surface area contributed by atoms with Crippen LogP contribution in [0, 0.1) is 0 Å². The van der Waals surface area contributed by atoms with Crippen LogP contribution in [0.3, 0.4) is 0 Å². The first-order valence-corrected chi connectivity index (χ1v) is 5.96. The summed E-state index contributed by atoms with van der Waals surface area (Å²) in [4.78, 5) is 20.3. The number of halogens is 1. The molecule has 0 radical (unpaired) electrons. The maximum Gasteiger partial charge on any atom is 0.305 e. The average Bonchev–Trinajstić information content (AvgIpc) is 2.26. The summed E-state index contributed by atoms with van der Waals surface area (Å²) in [6.07, 6.45) is 4.29. The number of hydrogen-bond acceptors (Lipinski definition) is 3. The summed E-state index contributed by atoms with van der Waals surface area (Å²) in [5.41, 5.74) is 0. The van der Waals surface area contributed by atoms with E-state index < -0.39 is 5.97 Å². The summed E-state index contributed by atoms with van der Waals surface area (Å²) >= 11 is 5.38. The Hall–Kier alpha value is -0.770. The zero-order valence-electron chi connectivity index (χ0n) is 10.00. The molecule has 0 atom stereocenters. The van der Waals surface area contributed by atoms with Crippen molar-refractivity contribution in [2.45, 2.75) is 45.4 Å². The number of unbranched alkanes of at least 4 members (excludes halogenated alkanes) is 2. The molecular weight excluding hydrogens is 232 g/mol. The van der Waals surface area contributed by atoms with Gasteiger partial charge in [0.15, 0.2) is 0 Å². The van der Waals surface area contributed by atoms with Gasteiger partial charge in [-0.05, 0) is 12.8 Å². The highest BCUT2D eigenvalue weighted by Gasteiger charge is 2.01. The minimum absolute atomic E-state index is 0.0229. The lowest BCUT2D eigenvalue weighted by Gasteiger charge is -1.94. The van der Waals surface area contributed by atoms with E-state index in [-0.39, 0.29) is 18.8 Å². The number of rotatable bonds is 7. The predicted molar refractivity (Wildman–Crippen MR) is 63.7 cm³/mol. The van der Waals surface area contributed by atoms with Crippen LogP contribution in [0.1, 0.15) is 45.4 Å². The van der Waals surface area contributed by atoms with Gasteiger partial charge in [-0.25, -0.2) is 0 Å². The number of esters is 1. The highest BCUT2D eigenvalue weighted by atomic mass is 35.5. The number of ether oxygens (including phenoxy) is 1. The first-order valence-electron chi connectivity index (χ1n) is 5.43. The Kier molecular flexibility index (Phi) is 15.7. The first-order chi connectivity index (χ1) is 7.58. The molecular formula is C11H21ClO4. The smallest absolute Gasteiger partial charge is 0.305 e. The number of carbonyl (C=O) groups excluding carboxylic acids is 1. The minimum Gasteiger partial charge on any atom is -0.481 e. The maximum atomic E-state index is 10.4. The third-order valence-corrected chi connectivity index (χ3v) is 2.00. The standard InChI is InChI=1S/C6H10O4.C5H11Cl/c1-10-6(9)4-2-3-5(7)8;1-2-3-4-5-6/h2-4H2,1H3,(H,7,8);2-5H2,1H3. The van der Waals surface area contributed by atoms with E-state index >= 15 is 0 Å². The van der Waals surface area contributed by atoms with Gasteiger partial charge in [0.25, 0.3) is 0 Å². The zero-order chi connectivity index (χ0) is 12.8. The summed E-state index contributed by atoms with van der Waals surface area (Å²) in [6, 6.07) is 0. The van der Waals surface area contributed by atoms with Gasteiger partial charge >= 0.3 is 11.9 Å². The van der Waals surface area contributed by atoms with Crippen molar-refractivity contribution in [3.8, 4) is 0 Å². The monoisotopic (exact) mass is 252 g/mol. The molecule has 0 saturated carbocycles. The number of carbonyl (C=O) groups is 2. The van der Waals surface area contributed by atoms with Gasteiger partial charge in [0, 0.05) is 18.7 Å². The van der Waals surface area contributed by atoms with Crippen LogP contribution < -0.4 is 0 Å². The summed E-state index contributed by atoms with van der Waals surface area (Å²) < 4.78 is 4.30. The summed E-state index contributed by atoms with van der Waals surface area (Å²) in [5.74, 6) is -0.418. The molecule has 0 bridgehead atoms. The SMILES string of the molecule is CCCCCCl.COC(=O)CCCC(=O)O. The van der Waals surface area contributed by atoms with Gasteiger partial charge in [-0.3, -0.25) is 9.59 Å². The minimum atomic E-state index is -0.885. The summed E-state index contributed by atoms with van der Waals surface area (Å²) in [7, 11) is 1.28. The third kappa shape index (κ3) is 18.9. The fraction of sp³-hybridized carbons (Fsp3) is 0.818. The number of carboxylic acids is 1. The van der Waals surface area contributed by atoms with Crippen LogP contribution in [-0.2, 0) is 14.3 Å². The number of alkyl halides is 1. The van der Waals surface area contributed by atoms with Crippen LogP contribution in [0.15, 0.2) is 0 Å². The van der Waals surface area contributed by atoms with Crippen molar-refractivity contribution < 1.29 is 19.4 Å². The van der Waals surface area contributed by atoms with E-state index in [9.17, 15) is 9.59 Å². The Bertz CT molecular complexity index is 179. The molecule has 0 fully saturated rings. The van der Waals surface area contributed by atoms with E-state index in [2.05, 4.69) is 11.7 Å². The molecule has 0 spiro atoms. The van der Waals surface area contributed by atoms with Gasteiger partial charge in [0.1, 0.15) is 0 Å². The Morgan fingerprint density at radius 1 is 1.19 bits per heavy atom. The number of aliphatic carboxylic acids is 1. The van der Waals surface area contributed by atoms with E-state index in [0.29, 0.717) is 6.42 Å². The van der Waals surface area contributed by atoms with Crippen molar-refractivity contribution in [3.05, 3.63) is 0 Å². The molecule has 96 valence electrons. The number of hydrogen-bond donors (Lipinski definition) is 1. The first kappa shape index (κ1) is 17.6. The van der Waals surface area contributed by atoms with Crippen LogP contribution in [0.4, 0.5) is 0 Å². The lowest BCUT2D eigenvalue weighted by Crippen LogP contribution is -2.02. The average molecular weight is 253 g/mol. The van der Waals surface area contributed by atoms with Crippen molar-refractivity contribution in [2.24, 2.45) is 0 Å². The zero-order valence-corrected chi connectivity index (χ0v) is 10.8. The molecule has 0 unspecified atom stereocenters. The second-order valence-electron chi connectivity index (χ2n) is 3.22. The predicted octanol–water partition coefficient (Wildman–Crippen LogP) is 2.83. The Morgan fingerprint density at radius 3 is 2.12 bits per heavy atom. The maximum absolute atomic E-state index is 10.4. The van der Waals surface area contributed by atoms with E-state index in [1.807, 2.05) is 0 Å². The van der Waals surface area contributed by atoms with E-state index in [0.717, 1.165) is 5.88 Å². The van der Waals surface area contributed by atoms with Crippen molar-refractivity contribution >= 4 is 23.5 Å². The quantitative estimate of drug-likeness (QED) is 0.430. The molecule has 0 aromatic rings. The molecule has 0 aliphatic rings. The Balaban J connectivity index is 0. The molecule has 0 aliphatic carbocycles. The van der Waals surface area contributed by atoms with Gasteiger partial charge in [-0.1, -0.05) is 19.8 Å². The number of methoxy groups -OCH3 is 1. The van der Waals surface area contributed by atoms with Gasteiger partial charge in [0.05, 0.1) is 7.11 Å². The van der Waals surface area contributed by atoms with Gasteiger partial charge < -0.3 is 9.84 Å². The van der Waals surface area contributed by atoms with Crippen molar-refractivity contribution in [3.63, 3.8) is 0 Å². The van der Waals surface area contributed by atoms with Crippen molar-refractivity contribution in [1.29, 1.82) is 0 Å². The largest absolute Gasteiger partial charge is 0.481 e. The molecule has 0 saturated heterocycles. The molecule has 5 heteroatoms. The summed E-state index contributed by atoms with van der Waals surface area (Å²) in [6.45, 7) is 2.17. The topological polar surface area (TPSA) is 63.6 Å². The van der Waals surface area contributed by atoms with Crippen molar-refractivity contribution in [1.82, 2.24) is 0 Å². The fourth-order valence-corrected chi connectivity index (χ4v) is 1.02. The van der Waals surface area contributed by atoms with Crippen LogP contribution in [0.2, 0.25) is 0 Å². The van der Waals surface area contributed by atoms with Crippen LogP contribution >= 0.6 is 11.6 Å². The summed E-state index contributed by atoms with van der Waals surface area (Å²) in [5, 5.41) is 8.15. The molecule has 0 aromatic heterocycles. The Labute approximate surface area is 102 Å². The van der Waals surface area contributed by atoms with Crippen LogP contribution in [0.25, 0.3) is 0 Å². The lowest BCUT2D eigenvalue weighted by molar-refractivity contribution is -0.141. The Morgan fingerprint density at radius 2 is 1.81 bits per heavy atom. The molecule has 16 heavy (non-hydrogen) atoms. The van der Waals surface area contributed by atoms with E-state index in [4.69, 9.17) is 16.7 Å². The second-order valence-corrected chi connectivity index (χ2v) is 3.60. The normalized spacial score (nSPS) is 8.94. The van der Waals surface area contributed by atoms with Gasteiger partial charge in [-0.2, -0.15) is 0 Å². The lowest BCUT2D eigenvalue weighted by atomic mass is 10.2. The van der Waals surface area contributed by atoms with Crippen LogP contribution in [-0.4, -0.2) is 30.0 Å². The molecule has 0 aliphatic heterocycles. The molecule has 1 N–H and O–H groups in total. The van der Waals surface area contributed by atoms with E-state index in [1.54, 1.807) is 0 Å². The number of carboxylic acid groups (broad SMARTS) is 1. The van der Waals surface area contributed by atoms with Crippen LogP contribution in [0.5, 0.6) is 0 Å². The highest BCUT2D eigenvalue weighted by Crippen LogP contribution is 1.96. The van der Waals surface area contributed by atoms with Gasteiger partial charge in [0.2, 0.25) is 0 Å². The van der Waals surface area contributed by atoms with E-state index in [1.165, 1.54) is 26.4 Å². The molecule has 0 heterocycles.